The molecule has 0 amide bonds. The molecule has 0 saturated carbocycles. The molecule has 0 spiro atoms. The molecule has 0 bridgehead atoms. The van der Waals surface area contributed by atoms with Gasteiger partial charge < -0.3 is 24.6 Å². The van der Waals surface area contributed by atoms with Crippen molar-refractivity contribution in [2.24, 2.45) is 0 Å². The standard InChI is InChI=1S/C56H91O9P/c1-3-5-7-9-11-13-15-17-19-21-23-25-26-27-29-31-33-35-37-39-41-43-45-47-49-62-52-55(53-64-66(60,61)63-51-54(58)50-57)65-56(59)48-46-44-42-40-38-36-34-32-30-28-24-22-20-18-16-14-12-10-8-6-4-2/h5-8,11-14,17-20,23-25,27-29,33,35,39,41,54-55,57-58H,3-4,9-10,15-16,21-22,26,30-32,34,36-38,40,42-53H2,1-2H3,(H,60,61)/b7-5-,8-6-,13-11-,14-12-,19-17-,20-18-,25-23-,28-24-,29-27-,35-33-,41-39-. The van der Waals surface area contributed by atoms with E-state index in [4.69, 9.17) is 23.6 Å². The first-order valence-electron chi connectivity index (χ1n) is 25.2. The first kappa shape index (κ1) is 62.6. The van der Waals surface area contributed by atoms with Crippen molar-refractivity contribution < 1.29 is 43.0 Å². The van der Waals surface area contributed by atoms with Gasteiger partial charge in [0.2, 0.25) is 0 Å². The lowest BCUT2D eigenvalue weighted by Gasteiger charge is -2.20. The van der Waals surface area contributed by atoms with Crippen LogP contribution in [0.5, 0.6) is 0 Å². The van der Waals surface area contributed by atoms with Crippen LogP contribution in [-0.4, -0.2) is 66.3 Å². The molecule has 0 aromatic heterocycles. The van der Waals surface area contributed by atoms with Crippen molar-refractivity contribution in [3.8, 4) is 0 Å². The summed E-state index contributed by atoms with van der Waals surface area (Å²) < 4.78 is 33.5. The van der Waals surface area contributed by atoms with Crippen LogP contribution in [0.1, 0.15) is 168 Å². The predicted molar refractivity (Wildman–Crippen MR) is 278 cm³/mol. The van der Waals surface area contributed by atoms with Crippen molar-refractivity contribution in [2.75, 3.05) is 33.0 Å². The van der Waals surface area contributed by atoms with E-state index in [1.165, 1.54) is 25.7 Å². The average Bonchev–Trinajstić information content (AvgIpc) is 3.31. The Morgan fingerprint density at radius 3 is 1.23 bits per heavy atom. The first-order valence-corrected chi connectivity index (χ1v) is 26.7. The Morgan fingerprint density at radius 2 is 0.818 bits per heavy atom. The molecule has 10 heteroatoms. The van der Waals surface area contributed by atoms with Crippen LogP contribution in [0.2, 0.25) is 0 Å². The van der Waals surface area contributed by atoms with Crippen LogP contribution < -0.4 is 0 Å². The number of phosphoric ester groups is 1. The van der Waals surface area contributed by atoms with Crippen LogP contribution in [0.3, 0.4) is 0 Å². The van der Waals surface area contributed by atoms with Gasteiger partial charge in [0, 0.05) is 13.0 Å². The average molecular weight is 939 g/mol. The van der Waals surface area contributed by atoms with E-state index in [-0.39, 0.29) is 13.0 Å². The monoisotopic (exact) mass is 939 g/mol. The molecule has 0 rings (SSSR count). The fraction of sp³-hybridized carbons (Fsp3) is 0.589. The molecule has 66 heavy (non-hydrogen) atoms. The minimum atomic E-state index is -4.55. The Kier molecular flexibility index (Phi) is 48.4. The second-order valence-corrected chi connectivity index (χ2v) is 17.5. The van der Waals surface area contributed by atoms with Crippen LogP contribution in [0, 0.1) is 0 Å². The molecular formula is C56H91O9P. The van der Waals surface area contributed by atoms with Crippen molar-refractivity contribution in [2.45, 2.75) is 180 Å². The Hall–Kier alpha value is -3.40. The fourth-order valence-electron chi connectivity index (χ4n) is 6.09. The molecule has 0 saturated heterocycles. The molecule has 0 aliphatic rings. The molecule has 3 unspecified atom stereocenters. The lowest BCUT2D eigenvalue weighted by atomic mass is 10.1. The lowest BCUT2D eigenvalue weighted by Crippen LogP contribution is -2.29. The van der Waals surface area contributed by atoms with E-state index in [0.29, 0.717) is 13.0 Å². The molecular weight excluding hydrogens is 848 g/mol. The number of carbonyl (C=O) groups excluding carboxylic acids is 1. The minimum absolute atomic E-state index is 0.00576. The van der Waals surface area contributed by atoms with Crippen molar-refractivity contribution in [1.29, 1.82) is 0 Å². The summed E-state index contributed by atoms with van der Waals surface area (Å²) in [6.45, 7) is 3.14. The third-order valence-electron chi connectivity index (χ3n) is 9.83. The van der Waals surface area contributed by atoms with Gasteiger partial charge in [-0.25, -0.2) is 4.57 Å². The van der Waals surface area contributed by atoms with Gasteiger partial charge in [-0.15, -0.1) is 0 Å². The van der Waals surface area contributed by atoms with Gasteiger partial charge in [-0.05, 0) is 109 Å². The highest BCUT2D eigenvalue weighted by Crippen LogP contribution is 2.43. The van der Waals surface area contributed by atoms with Crippen molar-refractivity contribution in [1.82, 2.24) is 0 Å². The summed E-state index contributed by atoms with van der Waals surface area (Å²) in [7, 11) is -4.55. The van der Waals surface area contributed by atoms with Crippen LogP contribution in [-0.2, 0) is 27.9 Å². The summed E-state index contributed by atoms with van der Waals surface area (Å²) >= 11 is 0. The lowest BCUT2D eigenvalue weighted by molar-refractivity contribution is -0.154. The molecule has 0 aromatic rings. The summed E-state index contributed by atoms with van der Waals surface area (Å²) in [5.74, 6) is -0.413. The SMILES string of the molecule is CC/C=C\C/C=C\C/C=C\C/C=C\C/C=C\C/C=C\C/C=C\CCCCOCC(COP(=O)(O)OCC(O)CO)OC(=O)CCCCCCCCCC/C=C\C/C=C\C/C=C\C/C=C\CC. The number of rotatable bonds is 46. The zero-order valence-corrected chi connectivity index (χ0v) is 42.0. The van der Waals surface area contributed by atoms with E-state index in [2.05, 4.69) is 148 Å². The third-order valence-corrected chi connectivity index (χ3v) is 10.8. The highest BCUT2D eigenvalue weighted by molar-refractivity contribution is 7.47. The molecule has 0 aromatic carbocycles. The number of unbranched alkanes of at least 4 members (excludes halogenated alkanes) is 10. The maximum atomic E-state index is 12.7. The van der Waals surface area contributed by atoms with Gasteiger partial charge in [0.1, 0.15) is 12.2 Å². The molecule has 0 fully saturated rings. The zero-order valence-electron chi connectivity index (χ0n) is 41.1. The normalized spacial score (nSPS) is 14.9. The minimum Gasteiger partial charge on any atom is -0.457 e. The van der Waals surface area contributed by atoms with E-state index in [9.17, 15) is 19.4 Å². The summed E-state index contributed by atoms with van der Waals surface area (Å²) in [6, 6.07) is 0. The molecule has 0 heterocycles. The van der Waals surface area contributed by atoms with Gasteiger partial charge in [0.05, 0.1) is 26.4 Å². The number of hydrogen-bond acceptors (Lipinski definition) is 8. The summed E-state index contributed by atoms with van der Waals surface area (Å²) in [4.78, 5) is 22.7. The second-order valence-electron chi connectivity index (χ2n) is 16.1. The van der Waals surface area contributed by atoms with Gasteiger partial charge in [0.25, 0.3) is 0 Å². The molecule has 3 atom stereocenters. The topological polar surface area (TPSA) is 132 Å². The summed E-state index contributed by atoms with van der Waals surface area (Å²) in [5.41, 5.74) is 0. The Morgan fingerprint density at radius 1 is 0.470 bits per heavy atom. The number of aliphatic hydroxyl groups excluding tert-OH is 2. The predicted octanol–water partition coefficient (Wildman–Crippen LogP) is 14.9. The van der Waals surface area contributed by atoms with Crippen LogP contribution in [0.4, 0.5) is 0 Å². The highest BCUT2D eigenvalue weighted by atomic mass is 31.2. The third kappa shape index (κ3) is 50.0. The molecule has 374 valence electrons. The molecule has 9 nitrogen and oxygen atoms in total. The van der Waals surface area contributed by atoms with E-state index in [0.717, 1.165) is 116 Å². The largest absolute Gasteiger partial charge is 0.472 e. The van der Waals surface area contributed by atoms with E-state index >= 15 is 0 Å². The van der Waals surface area contributed by atoms with Crippen LogP contribution in [0.15, 0.2) is 134 Å². The highest BCUT2D eigenvalue weighted by Gasteiger charge is 2.26. The Balaban J connectivity index is 4.25. The number of hydrogen-bond donors (Lipinski definition) is 3. The number of allylic oxidation sites excluding steroid dienone is 22. The van der Waals surface area contributed by atoms with Crippen molar-refractivity contribution in [3.63, 3.8) is 0 Å². The second kappa shape index (κ2) is 51.0. The Labute approximate surface area is 402 Å². The Bertz CT molecular complexity index is 1480. The number of esters is 1. The van der Waals surface area contributed by atoms with Crippen LogP contribution in [0.25, 0.3) is 0 Å². The number of ether oxygens (including phenoxy) is 2. The van der Waals surface area contributed by atoms with Gasteiger partial charge in [-0.3, -0.25) is 13.8 Å². The van der Waals surface area contributed by atoms with E-state index in [1.807, 2.05) is 0 Å². The first-order chi connectivity index (χ1) is 32.3. The quantitative estimate of drug-likeness (QED) is 0.0236. The van der Waals surface area contributed by atoms with Crippen molar-refractivity contribution in [3.05, 3.63) is 134 Å². The maximum absolute atomic E-state index is 12.7. The van der Waals surface area contributed by atoms with Gasteiger partial charge in [-0.1, -0.05) is 186 Å². The molecule has 0 radical (unpaired) electrons. The van der Waals surface area contributed by atoms with Gasteiger partial charge in [-0.2, -0.15) is 0 Å². The number of carbonyl (C=O) groups is 1. The molecule has 3 N–H and O–H groups in total. The number of aliphatic hydroxyl groups is 2. The smallest absolute Gasteiger partial charge is 0.457 e. The van der Waals surface area contributed by atoms with E-state index < -0.39 is 45.8 Å². The summed E-state index contributed by atoms with van der Waals surface area (Å²) in [5, 5.41) is 18.4. The molecule has 0 aliphatic heterocycles. The van der Waals surface area contributed by atoms with Crippen molar-refractivity contribution >= 4 is 13.8 Å². The van der Waals surface area contributed by atoms with Crippen LogP contribution >= 0.6 is 7.82 Å². The van der Waals surface area contributed by atoms with E-state index in [1.54, 1.807) is 0 Å². The molecule has 0 aliphatic carbocycles. The number of phosphoric acid groups is 1. The summed E-state index contributed by atoms with van der Waals surface area (Å²) in [6.07, 6.45) is 69.9. The van der Waals surface area contributed by atoms with Gasteiger partial charge >= 0.3 is 13.8 Å². The zero-order chi connectivity index (χ0) is 48.1. The van der Waals surface area contributed by atoms with Gasteiger partial charge in [0.15, 0.2) is 0 Å². The maximum Gasteiger partial charge on any atom is 0.472 e. The fourth-order valence-corrected chi connectivity index (χ4v) is 6.88.